The zero-order valence-corrected chi connectivity index (χ0v) is 10.8. The smallest absolute Gasteiger partial charge is 0.337 e. The van der Waals surface area contributed by atoms with E-state index in [2.05, 4.69) is 9.97 Å². The molecule has 20 heavy (non-hydrogen) atoms. The molecule has 5 nitrogen and oxygen atoms in total. The Kier molecular flexibility index (Phi) is 2.87. The van der Waals surface area contributed by atoms with Gasteiger partial charge >= 0.3 is 5.97 Å². The van der Waals surface area contributed by atoms with Gasteiger partial charge in [0, 0.05) is 17.1 Å². The maximum absolute atomic E-state index is 10.8. The van der Waals surface area contributed by atoms with Crippen LogP contribution in [0, 0.1) is 0 Å². The number of benzene rings is 1. The van der Waals surface area contributed by atoms with Crippen molar-refractivity contribution in [1.82, 2.24) is 9.97 Å². The molecule has 0 saturated carbocycles. The number of carbonyl (C=O) groups is 1. The van der Waals surface area contributed by atoms with E-state index in [1.54, 1.807) is 13.2 Å². The number of pyridine rings is 1. The third kappa shape index (κ3) is 1.99. The Morgan fingerprint density at radius 1 is 1.30 bits per heavy atom. The van der Waals surface area contributed by atoms with E-state index in [9.17, 15) is 4.79 Å². The number of hydrogen-bond donors (Lipinski definition) is 2. The number of methoxy groups -OCH3 is 1. The Bertz CT molecular complexity index is 775. The van der Waals surface area contributed by atoms with Crippen molar-refractivity contribution in [2.45, 2.75) is 0 Å². The Hall–Kier alpha value is -2.82. The first kappa shape index (κ1) is 12.2. The molecule has 1 aromatic carbocycles. The number of aromatic nitrogens is 2. The number of H-pyrrole nitrogens is 1. The van der Waals surface area contributed by atoms with Crippen LogP contribution in [-0.2, 0) is 0 Å². The van der Waals surface area contributed by atoms with E-state index in [1.165, 1.54) is 12.3 Å². The highest BCUT2D eigenvalue weighted by atomic mass is 16.5. The highest BCUT2D eigenvalue weighted by Crippen LogP contribution is 2.29. The fourth-order valence-electron chi connectivity index (χ4n) is 2.12. The average Bonchev–Trinajstić information content (AvgIpc) is 2.91. The summed E-state index contributed by atoms with van der Waals surface area (Å²) in [6.45, 7) is 0. The summed E-state index contributed by atoms with van der Waals surface area (Å²) in [4.78, 5) is 18.2. The van der Waals surface area contributed by atoms with Gasteiger partial charge in [0.25, 0.3) is 0 Å². The normalized spacial score (nSPS) is 10.7. The molecular weight excluding hydrogens is 256 g/mol. The number of carboxylic acid groups (broad SMARTS) is 1. The van der Waals surface area contributed by atoms with E-state index >= 15 is 0 Å². The molecule has 2 aromatic heterocycles. The van der Waals surface area contributed by atoms with Crippen molar-refractivity contribution in [3.8, 4) is 17.1 Å². The van der Waals surface area contributed by atoms with E-state index in [0.29, 0.717) is 5.69 Å². The SMILES string of the molecule is COc1cccc2[nH]c(-c3ccc(C(=O)O)cn3)cc12. The Balaban J connectivity index is 2.08. The fourth-order valence-corrected chi connectivity index (χ4v) is 2.12. The number of nitrogens with zero attached hydrogens (tertiary/aromatic N) is 1. The maximum Gasteiger partial charge on any atom is 0.337 e. The minimum Gasteiger partial charge on any atom is -0.496 e. The molecule has 2 N–H and O–H groups in total. The predicted octanol–water partition coefficient (Wildman–Crippen LogP) is 2.94. The van der Waals surface area contributed by atoms with E-state index in [4.69, 9.17) is 9.84 Å². The summed E-state index contributed by atoms with van der Waals surface area (Å²) >= 11 is 0. The number of fused-ring (bicyclic) bond motifs is 1. The van der Waals surface area contributed by atoms with Crippen LogP contribution in [0.3, 0.4) is 0 Å². The topological polar surface area (TPSA) is 75.2 Å². The van der Waals surface area contributed by atoms with Gasteiger partial charge in [0.2, 0.25) is 0 Å². The molecule has 0 spiro atoms. The van der Waals surface area contributed by atoms with Gasteiger partial charge in [0.05, 0.1) is 24.1 Å². The van der Waals surface area contributed by atoms with Crippen molar-refractivity contribution in [3.05, 3.63) is 48.2 Å². The van der Waals surface area contributed by atoms with Gasteiger partial charge in [0.15, 0.2) is 0 Å². The number of carboxylic acids is 1. The molecule has 5 heteroatoms. The van der Waals surface area contributed by atoms with Crippen molar-refractivity contribution in [3.63, 3.8) is 0 Å². The zero-order valence-electron chi connectivity index (χ0n) is 10.8. The number of nitrogens with one attached hydrogen (secondary N) is 1. The maximum atomic E-state index is 10.8. The summed E-state index contributed by atoms with van der Waals surface area (Å²) in [6.07, 6.45) is 1.35. The summed E-state index contributed by atoms with van der Waals surface area (Å²) in [5.74, 6) is -0.200. The molecule has 0 unspecified atom stereocenters. The number of rotatable bonds is 3. The van der Waals surface area contributed by atoms with Crippen LogP contribution in [0.25, 0.3) is 22.3 Å². The van der Waals surface area contributed by atoms with Gasteiger partial charge in [-0.2, -0.15) is 0 Å². The van der Waals surface area contributed by atoms with E-state index in [0.717, 1.165) is 22.3 Å². The number of aromatic carboxylic acids is 1. The average molecular weight is 268 g/mol. The molecule has 0 aliphatic heterocycles. The zero-order chi connectivity index (χ0) is 14.1. The molecule has 0 saturated heterocycles. The molecule has 3 aromatic rings. The lowest BCUT2D eigenvalue weighted by molar-refractivity contribution is 0.0696. The first-order valence-corrected chi connectivity index (χ1v) is 6.04. The lowest BCUT2D eigenvalue weighted by Crippen LogP contribution is -1.97. The third-order valence-corrected chi connectivity index (χ3v) is 3.13. The van der Waals surface area contributed by atoms with Gasteiger partial charge in [-0.15, -0.1) is 0 Å². The molecule has 100 valence electrons. The van der Waals surface area contributed by atoms with Gasteiger partial charge in [0.1, 0.15) is 5.75 Å². The largest absolute Gasteiger partial charge is 0.496 e. The summed E-state index contributed by atoms with van der Waals surface area (Å²) in [5, 5.41) is 9.83. The van der Waals surface area contributed by atoms with Crippen molar-refractivity contribution in [2.24, 2.45) is 0 Å². The summed E-state index contributed by atoms with van der Waals surface area (Å²) in [5.41, 5.74) is 2.63. The number of hydrogen-bond acceptors (Lipinski definition) is 3. The first-order chi connectivity index (χ1) is 9.69. The molecule has 3 rings (SSSR count). The predicted molar refractivity (Wildman–Crippen MR) is 75.0 cm³/mol. The monoisotopic (exact) mass is 268 g/mol. The Morgan fingerprint density at radius 3 is 2.80 bits per heavy atom. The highest BCUT2D eigenvalue weighted by molar-refractivity contribution is 5.91. The van der Waals surface area contributed by atoms with Gasteiger partial charge < -0.3 is 14.8 Å². The third-order valence-electron chi connectivity index (χ3n) is 3.13. The molecule has 0 aliphatic carbocycles. The second kappa shape index (κ2) is 4.70. The first-order valence-electron chi connectivity index (χ1n) is 6.04. The molecule has 0 aliphatic rings. The molecule has 2 heterocycles. The van der Waals surface area contributed by atoms with Crippen LogP contribution in [0.4, 0.5) is 0 Å². The minimum atomic E-state index is -0.984. The summed E-state index contributed by atoms with van der Waals surface area (Å²) < 4.78 is 5.31. The highest BCUT2D eigenvalue weighted by Gasteiger charge is 2.09. The molecule has 0 radical (unpaired) electrons. The molecule has 0 atom stereocenters. The van der Waals surface area contributed by atoms with E-state index < -0.39 is 5.97 Å². The van der Waals surface area contributed by atoms with Gasteiger partial charge in [-0.1, -0.05) is 6.07 Å². The standard InChI is InChI=1S/C15H12N2O3/c1-20-14-4-2-3-11-10(14)7-13(17-11)12-6-5-9(8-16-12)15(18)19/h2-8,17H,1H3,(H,18,19). The van der Waals surface area contributed by atoms with Gasteiger partial charge in [-0.3, -0.25) is 4.98 Å². The number of ether oxygens (including phenoxy) is 1. The van der Waals surface area contributed by atoms with Crippen LogP contribution >= 0.6 is 0 Å². The summed E-state index contributed by atoms with van der Waals surface area (Å²) in [6, 6.07) is 10.9. The molecule has 0 fully saturated rings. The van der Waals surface area contributed by atoms with Crippen LogP contribution in [0.1, 0.15) is 10.4 Å². The molecule has 0 amide bonds. The van der Waals surface area contributed by atoms with Crippen molar-refractivity contribution in [2.75, 3.05) is 7.11 Å². The second-order valence-electron chi connectivity index (χ2n) is 4.34. The van der Waals surface area contributed by atoms with Crippen LogP contribution in [-0.4, -0.2) is 28.2 Å². The van der Waals surface area contributed by atoms with Crippen LogP contribution < -0.4 is 4.74 Å². The lowest BCUT2D eigenvalue weighted by Gasteiger charge is -1.99. The Morgan fingerprint density at radius 2 is 2.15 bits per heavy atom. The fraction of sp³-hybridized carbons (Fsp3) is 0.0667. The van der Waals surface area contributed by atoms with Crippen LogP contribution in [0.5, 0.6) is 5.75 Å². The van der Waals surface area contributed by atoms with Crippen LogP contribution in [0.2, 0.25) is 0 Å². The number of aromatic amines is 1. The van der Waals surface area contributed by atoms with Crippen molar-refractivity contribution >= 4 is 16.9 Å². The lowest BCUT2D eigenvalue weighted by atomic mass is 10.2. The van der Waals surface area contributed by atoms with Gasteiger partial charge in [-0.05, 0) is 30.3 Å². The molecular formula is C15H12N2O3. The minimum absolute atomic E-state index is 0.169. The van der Waals surface area contributed by atoms with Gasteiger partial charge in [-0.25, -0.2) is 4.79 Å². The molecule has 0 bridgehead atoms. The summed E-state index contributed by atoms with van der Waals surface area (Å²) in [7, 11) is 1.63. The quantitative estimate of drug-likeness (QED) is 0.765. The Labute approximate surface area is 114 Å². The second-order valence-corrected chi connectivity index (χ2v) is 4.34. The van der Waals surface area contributed by atoms with E-state index in [-0.39, 0.29) is 5.56 Å². The van der Waals surface area contributed by atoms with E-state index in [1.807, 2.05) is 24.3 Å². The van der Waals surface area contributed by atoms with Crippen molar-refractivity contribution in [1.29, 1.82) is 0 Å². The van der Waals surface area contributed by atoms with Crippen molar-refractivity contribution < 1.29 is 14.6 Å². The van der Waals surface area contributed by atoms with Crippen LogP contribution in [0.15, 0.2) is 42.6 Å².